The van der Waals surface area contributed by atoms with Crippen molar-refractivity contribution < 1.29 is 4.74 Å². The van der Waals surface area contributed by atoms with Gasteiger partial charge in [0.05, 0.1) is 13.1 Å². The van der Waals surface area contributed by atoms with E-state index in [-0.39, 0.29) is 29.4 Å². The first-order valence-corrected chi connectivity index (χ1v) is 7.19. The molecule has 0 unspecified atom stereocenters. The van der Waals surface area contributed by atoms with Gasteiger partial charge in [-0.3, -0.25) is 4.99 Å². The van der Waals surface area contributed by atoms with Crippen molar-refractivity contribution in [2.75, 3.05) is 33.3 Å². The van der Waals surface area contributed by atoms with Crippen LogP contribution in [0.2, 0.25) is 0 Å². The first kappa shape index (κ1) is 18.1. The van der Waals surface area contributed by atoms with Crippen LogP contribution >= 0.6 is 24.0 Å². The second-order valence-corrected chi connectivity index (χ2v) is 6.18. The van der Waals surface area contributed by atoms with Gasteiger partial charge in [0, 0.05) is 13.6 Å². The summed E-state index contributed by atoms with van der Waals surface area (Å²) >= 11 is 0. The van der Waals surface area contributed by atoms with E-state index in [2.05, 4.69) is 54.2 Å². The average Bonchev–Trinajstić information content (AvgIpc) is 2.80. The molecule has 0 saturated heterocycles. The predicted molar refractivity (Wildman–Crippen MR) is 99.0 cm³/mol. The Hall–Kier alpha value is -0.980. The largest absolute Gasteiger partial charge is 0.492 e. The van der Waals surface area contributed by atoms with Gasteiger partial charge in [0.15, 0.2) is 5.96 Å². The summed E-state index contributed by atoms with van der Waals surface area (Å²) in [5.41, 5.74) is 1.45. The number of hydrogen-bond acceptors (Lipinski definition) is 4. The van der Waals surface area contributed by atoms with Crippen molar-refractivity contribution in [2.24, 2.45) is 4.99 Å². The number of aliphatic imine (C=N–C) groups is 1. The zero-order valence-corrected chi connectivity index (χ0v) is 15.7. The summed E-state index contributed by atoms with van der Waals surface area (Å²) in [6.07, 6.45) is 0. The summed E-state index contributed by atoms with van der Waals surface area (Å²) in [7, 11) is 2.05. The molecule has 118 valence electrons. The van der Waals surface area contributed by atoms with Crippen LogP contribution < -0.4 is 10.1 Å². The fourth-order valence-corrected chi connectivity index (χ4v) is 2.11. The Balaban J connectivity index is 0.00000220. The van der Waals surface area contributed by atoms with Crippen LogP contribution in [0.25, 0.3) is 0 Å². The zero-order valence-electron chi connectivity index (χ0n) is 13.3. The molecule has 4 nitrogen and oxygen atoms in total. The number of benzene rings is 1. The second kappa shape index (κ2) is 7.87. The lowest BCUT2D eigenvalue weighted by Gasteiger charge is -2.20. The first-order chi connectivity index (χ1) is 9.47. The van der Waals surface area contributed by atoms with E-state index in [1.54, 1.807) is 0 Å². The third kappa shape index (κ3) is 5.37. The number of halogens is 1. The minimum atomic E-state index is 0. The van der Waals surface area contributed by atoms with Gasteiger partial charge in [-0.15, -0.1) is 24.0 Å². The van der Waals surface area contributed by atoms with Gasteiger partial charge in [-0.2, -0.15) is 0 Å². The van der Waals surface area contributed by atoms with Gasteiger partial charge in [-0.25, -0.2) is 0 Å². The lowest BCUT2D eigenvalue weighted by Crippen LogP contribution is -2.37. The SMILES string of the molecule is CN1CCN=C1NCCOc1cccc(C(C)(C)C)c1.I. The van der Waals surface area contributed by atoms with Crippen LogP contribution in [-0.2, 0) is 5.41 Å². The molecule has 1 aromatic rings. The summed E-state index contributed by atoms with van der Waals surface area (Å²) in [6, 6.07) is 8.33. The molecular formula is C16H26IN3O. The van der Waals surface area contributed by atoms with E-state index in [0.29, 0.717) is 6.61 Å². The first-order valence-electron chi connectivity index (χ1n) is 7.19. The van der Waals surface area contributed by atoms with Gasteiger partial charge in [-0.1, -0.05) is 32.9 Å². The highest BCUT2D eigenvalue weighted by atomic mass is 127. The molecule has 0 amide bonds. The number of ether oxygens (including phenoxy) is 1. The standard InChI is InChI=1S/C16H25N3O.HI/c1-16(2,3)13-6-5-7-14(12-13)20-11-9-18-15-17-8-10-19(15)4;/h5-7,12H,8-11H2,1-4H3,(H,17,18);1H. The number of nitrogens with zero attached hydrogens (tertiary/aromatic N) is 2. The summed E-state index contributed by atoms with van der Waals surface area (Å²) in [5, 5.41) is 3.30. The third-order valence-corrected chi connectivity index (χ3v) is 3.41. The minimum Gasteiger partial charge on any atom is -0.492 e. The van der Waals surface area contributed by atoms with Gasteiger partial charge >= 0.3 is 0 Å². The van der Waals surface area contributed by atoms with Gasteiger partial charge in [0.1, 0.15) is 12.4 Å². The maximum absolute atomic E-state index is 5.80. The van der Waals surface area contributed by atoms with Crippen molar-refractivity contribution in [1.82, 2.24) is 10.2 Å². The number of rotatable bonds is 4. The molecule has 0 spiro atoms. The monoisotopic (exact) mass is 403 g/mol. The number of nitrogens with one attached hydrogen (secondary N) is 1. The van der Waals surface area contributed by atoms with E-state index in [1.807, 2.05) is 13.1 Å². The van der Waals surface area contributed by atoms with Crippen molar-refractivity contribution in [3.05, 3.63) is 29.8 Å². The van der Waals surface area contributed by atoms with E-state index in [0.717, 1.165) is 31.3 Å². The van der Waals surface area contributed by atoms with Gasteiger partial charge < -0.3 is 15.0 Å². The Morgan fingerprint density at radius 1 is 1.33 bits per heavy atom. The molecule has 0 saturated carbocycles. The molecule has 0 atom stereocenters. The van der Waals surface area contributed by atoms with Crippen LogP contribution in [0.15, 0.2) is 29.3 Å². The van der Waals surface area contributed by atoms with Crippen LogP contribution in [0.1, 0.15) is 26.3 Å². The molecule has 0 radical (unpaired) electrons. The van der Waals surface area contributed by atoms with Crippen molar-refractivity contribution in [1.29, 1.82) is 0 Å². The highest BCUT2D eigenvalue weighted by Gasteiger charge is 2.14. The van der Waals surface area contributed by atoms with Gasteiger partial charge in [0.25, 0.3) is 0 Å². The number of likely N-dealkylation sites (N-methyl/N-ethyl adjacent to an activating group) is 1. The quantitative estimate of drug-likeness (QED) is 0.621. The smallest absolute Gasteiger partial charge is 0.193 e. The van der Waals surface area contributed by atoms with E-state index >= 15 is 0 Å². The summed E-state index contributed by atoms with van der Waals surface area (Å²) in [5.74, 6) is 1.90. The maximum Gasteiger partial charge on any atom is 0.193 e. The zero-order chi connectivity index (χ0) is 14.6. The van der Waals surface area contributed by atoms with E-state index < -0.39 is 0 Å². The molecule has 0 fully saturated rings. The highest BCUT2D eigenvalue weighted by molar-refractivity contribution is 14.0. The molecule has 0 aliphatic carbocycles. The molecule has 1 N–H and O–H groups in total. The van der Waals surface area contributed by atoms with Crippen LogP contribution in [0.5, 0.6) is 5.75 Å². The minimum absolute atomic E-state index is 0. The molecule has 0 bridgehead atoms. The number of guanidine groups is 1. The molecule has 21 heavy (non-hydrogen) atoms. The molecular weight excluding hydrogens is 377 g/mol. The van der Waals surface area contributed by atoms with Crippen LogP contribution in [0, 0.1) is 0 Å². The Bertz CT molecular complexity index is 483. The van der Waals surface area contributed by atoms with Crippen LogP contribution in [0.3, 0.4) is 0 Å². The van der Waals surface area contributed by atoms with E-state index in [4.69, 9.17) is 4.74 Å². The average molecular weight is 403 g/mol. The Morgan fingerprint density at radius 2 is 2.10 bits per heavy atom. The maximum atomic E-state index is 5.80. The molecule has 1 aliphatic rings. The third-order valence-electron chi connectivity index (χ3n) is 3.41. The topological polar surface area (TPSA) is 36.9 Å². The molecule has 1 aromatic carbocycles. The van der Waals surface area contributed by atoms with Crippen molar-refractivity contribution in [3.63, 3.8) is 0 Å². The number of hydrogen-bond donors (Lipinski definition) is 1. The highest BCUT2D eigenvalue weighted by Crippen LogP contribution is 2.25. The van der Waals surface area contributed by atoms with Gasteiger partial charge in [-0.05, 0) is 23.1 Å². The Kier molecular flexibility index (Phi) is 6.77. The van der Waals surface area contributed by atoms with Crippen molar-refractivity contribution >= 4 is 29.9 Å². The summed E-state index contributed by atoms with van der Waals surface area (Å²) in [6.45, 7) is 9.92. The lowest BCUT2D eigenvalue weighted by molar-refractivity contribution is 0.319. The molecule has 0 aromatic heterocycles. The molecule has 1 heterocycles. The van der Waals surface area contributed by atoms with Crippen LogP contribution in [0.4, 0.5) is 0 Å². The van der Waals surface area contributed by atoms with Crippen LogP contribution in [-0.4, -0.2) is 44.1 Å². The van der Waals surface area contributed by atoms with E-state index in [9.17, 15) is 0 Å². The fraction of sp³-hybridized carbons (Fsp3) is 0.562. The lowest BCUT2D eigenvalue weighted by atomic mass is 9.87. The molecule has 2 rings (SSSR count). The fourth-order valence-electron chi connectivity index (χ4n) is 2.11. The molecule has 5 heteroatoms. The van der Waals surface area contributed by atoms with Crippen molar-refractivity contribution in [3.8, 4) is 5.75 Å². The van der Waals surface area contributed by atoms with E-state index in [1.165, 1.54) is 5.56 Å². The normalized spacial score (nSPS) is 14.5. The Morgan fingerprint density at radius 3 is 2.71 bits per heavy atom. The summed E-state index contributed by atoms with van der Waals surface area (Å²) in [4.78, 5) is 6.51. The molecule has 1 aliphatic heterocycles. The second-order valence-electron chi connectivity index (χ2n) is 6.18. The van der Waals surface area contributed by atoms with Crippen molar-refractivity contribution in [2.45, 2.75) is 26.2 Å². The van der Waals surface area contributed by atoms with Gasteiger partial charge in [0.2, 0.25) is 0 Å². The predicted octanol–water partition coefficient (Wildman–Crippen LogP) is 2.87. The Labute approximate surface area is 145 Å². The summed E-state index contributed by atoms with van der Waals surface area (Å²) < 4.78 is 5.80.